The van der Waals surface area contributed by atoms with Gasteiger partial charge in [0.15, 0.2) is 0 Å². The summed E-state index contributed by atoms with van der Waals surface area (Å²) in [6.07, 6.45) is 4.58. The highest BCUT2D eigenvalue weighted by Gasteiger charge is 2.25. The third kappa shape index (κ3) is 2.65. The number of anilines is 1. The molecule has 0 atom stereocenters. The quantitative estimate of drug-likeness (QED) is 0.925. The SMILES string of the molecule is O=C(O)c1ccc2c(c1)CCN2C(=O)CCn1cccn1. The number of amides is 1. The van der Waals surface area contributed by atoms with E-state index in [1.807, 2.05) is 12.3 Å². The second kappa shape index (κ2) is 5.40. The number of carboxylic acids is 1. The summed E-state index contributed by atoms with van der Waals surface area (Å²) in [6, 6.07) is 6.74. The molecule has 6 heteroatoms. The Morgan fingerprint density at radius 2 is 2.19 bits per heavy atom. The van der Waals surface area contributed by atoms with Gasteiger partial charge in [-0.3, -0.25) is 9.48 Å². The van der Waals surface area contributed by atoms with Crippen LogP contribution in [0.5, 0.6) is 0 Å². The summed E-state index contributed by atoms with van der Waals surface area (Å²) in [6.45, 7) is 1.15. The lowest BCUT2D eigenvalue weighted by Gasteiger charge is -2.17. The van der Waals surface area contributed by atoms with Crippen molar-refractivity contribution in [3.8, 4) is 0 Å². The molecule has 0 radical (unpaired) electrons. The Hall–Kier alpha value is -2.63. The average Bonchev–Trinajstić information content (AvgIpc) is 3.13. The van der Waals surface area contributed by atoms with Gasteiger partial charge in [-0.05, 0) is 36.2 Å². The molecule has 1 aliphatic heterocycles. The summed E-state index contributed by atoms with van der Waals surface area (Å²) in [5, 5.41) is 13.1. The van der Waals surface area contributed by atoms with Crippen molar-refractivity contribution in [2.75, 3.05) is 11.4 Å². The predicted molar refractivity (Wildman–Crippen MR) is 76.3 cm³/mol. The van der Waals surface area contributed by atoms with Crippen molar-refractivity contribution in [3.05, 3.63) is 47.8 Å². The van der Waals surface area contributed by atoms with Gasteiger partial charge in [0, 0.05) is 37.6 Å². The van der Waals surface area contributed by atoms with Crippen molar-refractivity contribution < 1.29 is 14.7 Å². The summed E-state index contributed by atoms with van der Waals surface area (Å²) >= 11 is 0. The fourth-order valence-corrected chi connectivity index (χ4v) is 2.57. The Labute approximate surface area is 121 Å². The standard InChI is InChI=1S/C15H15N3O3/c19-14(5-8-17-7-1-6-16-17)18-9-4-11-10-12(15(20)21)2-3-13(11)18/h1-3,6-7,10H,4-5,8-9H2,(H,20,21). The van der Waals surface area contributed by atoms with Crippen LogP contribution in [0.4, 0.5) is 5.69 Å². The molecule has 0 bridgehead atoms. The van der Waals surface area contributed by atoms with Gasteiger partial charge in [-0.25, -0.2) is 4.79 Å². The van der Waals surface area contributed by atoms with Crippen LogP contribution in [0.25, 0.3) is 0 Å². The summed E-state index contributed by atoms with van der Waals surface area (Å²) in [5.41, 5.74) is 2.01. The molecule has 0 fully saturated rings. The van der Waals surface area contributed by atoms with E-state index in [4.69, 9.17) is 5.11 Å². The van der Waals surface area contributed by atoms with E-state index in [1.54, 1.807) is 34.0 Å². The van der Waals surface area contributed by atoms with Crippen LogP contribution >= 0.6 is 0 Å². The summed E-state index contributed by atoms with van der Waals surface area (Å²) in [5.74, 6) is -0.909. The fraction of sp³-hybridized carbons (Fsp3) is 0.267. The molecule has 1 aromatic heterocycles. The third-order valence-corrected chi connectivity index (χ3v) is 3.64. The van der Waals surface area contributed by atoms with Gasteiger partial charge in [0.25, 0.3) is 0 Å². The maximum atomic E-state index is 12.3. The van der Waals surface area contributed by atoms with Crippen LogP contribution in [0.15, 0.2) is 36.7 Å². The topological polar surface area (TPSA) is 75.4 Å². The summed E-state index contributed by atoms with van der Waals surface area (Å²) in [4.78, 5) is 25.0. The first-order valence-corrected chi connectivity index (χ1v) is 6.79. The molecule has 2 heterocycles. The summed E-state index contributed by atoms with van der Waals surface area (Å²) in [7, 11) is 0. The molecule has 0 saturated heterocycles. The molecule has 1 N–H and O–H groups in total. The van der Waals surface area contributed by atoms with Gasteiger partial charge in [0.1, 0.15) is 0 Å². The molecule has 6 nitrogen and oxygen atoms in total. The van der Waals surface area contributed by atoms with Gasteiger partial charge in [-0.15, -0.1) is 0 Å². The van der Waals surface area contributed by atoms with Crippen LogP contribution in [0.3, 0.4) is 0 Å². The second-order valence-electron chi connectivity index (χ2n) is 4.96. The molecule has 3 rings (SSSR count). The van der Waals surface area contributed by atoms with E-state index in [1.165, 1.54) is 0 Å². The van der Waals surface area contributed by atoms with E-state index in [9.17, 15) is 9.59 Å². The maximum Gasteiger partial charge on any atom is 0.335 e. The minimum Gasteiger partial charge on any atom is -0.478 e. The van der Waals surface area contributed by atoms with Crippen LogP contribution in [-0.2, 0) is 17.8 Å². The third-order valence-electron chi connectivity index (χ3n) is 3.64. The van der Waals surface area contributed by atoms with Gasteiger partial charge in [0.2, 0.25) is 5.91 Å². The van der Waals surface area contributed by atoms with Crippen LogP contribution in [0, 0.1) is 0 Å². The lowest BCUT2D eigenvalue weighted by Crippen LogP contribution is -2.29. The highest BCUT2D eigenvalue weighted by atomic mass is 16.4. The number of aromatic nitrogens is 2. The van der Waals surface area contributed by atoms with Gasteiger partial charge < -0.3 is 10.0 Å². The van der Waals surface area contributed by atoms with Crippen LogP contribution in [0.1, 0.15) is 22.3 Å². The Balaban J connectivity index is 1.71. The van der Waals surface area contributed by atoms with E-state index in [2.05, 4.69) is 5.10 Å². The Morgan fingerprint density at radius 1 is 1.33 bits per heavy atom. The molecule has 108 valence electrons. The van der Waals surface area contributed by atoms with E-state index < -0.39 is 5.97 Å². The van der Waals surface area contributed by atoms with Gasteiger partial charge in [0.05, 0.1) is 5.56 Å². The van der Waals surface area contributed by atoms with Gasteiger partial charge in [-0.2, -0.15) is 5.10 Å². The zero-order chi connectivity index (χ0) is 14.8. The number of hydrogen-bond acceptors (Lipinski definition) is 3. The zero-order valence-electron chi connectivity index (χ0n) is 11.4. The van der Waals surface area contributed by atoms with Gasteiger partial charge >= 0.3 is 5.97 Å². The Morgan fingerprint density at radius 3 is 2.90 bits per heavy atom. The van der Waals surface area contributed by atoms with Crippen molar-refractivity contribution in [2.45, 2.75) is 19.4 Å². The number of carbonyl (C=O) groups is 2. The number of hydrogen-bond donors (Lipinski definition) is 1. The number of aryl methyl sites for hydroxylation is 1. The highest BCUT2D eigenvalue weighted by Crippen LogP contribution is 2.29. The molecule has 0 saturated carbocycles. The van der Waals surface area contributed by atoms with E-state index >= 15 is 0 Å². The molecule has 0 unspecified atom stereocenters. The minimum atomic E-state index is -0.943. The number of nitrogens with zero attached hydrogens (tertiary/aromatic N) is 3. The highest BCUT2D eigenvalue weighted by molar-refractivity contribution is 5.96. The Kier molecular flexibility index (Phi) is 3.43. The number of rotatable bonds is 4. The number of aromatic carboxylic acids is 1. The minimum absolute atomic E-state index is 0.0346. The Bertz CT molecular complexity index is 679. The smallest absolute Gasteiger partial charge is 0.335 e. The number of carbonyl (C=O) groups excluding carboxylic acids is 1. The number of fused-ring (bicyclic) bond motifs is 1. The zero-order valence-corrected chi connectivity index (χ0v) is 11.4. The van der Waals surface area contributed by atoms with Crippen LogP contribution < -0.4 is 4.90 Å². The van der Waals surface area contributed by atoms with E-state index in [-0.39, 0.29) is 11.5 Å². The van der Waals surface area contributed by atoms with Crippen molar-refractivity contribution >= 4 is 17.6 Å². The van der Waals surface area contributed by atoms with Crippen molar-refractivity contribution in [1.82, 2.24) is 9.78 Å². The molecule has 21 heavy (non-hydrogen) atoms. The van der Waals surface area contributed by atoms with Gasteiger partial charge in [-0.1, -0.05) is 0 Å². The largest absolute Gasteiger partial charge is 0.478 e. The molecular formula is C15H15N3O3. The van der Waals surface area contributed by atoms with Crippen molar-refractivity contribution in [3.63, 3.8) is 0 Å². The molecule has 2 aromatic rings. The molecule has 0 aliphatic carbocycles. The molecule has 1 aromatic carbocycles. The average molecular weight is 285 g/mol. The second-order valence-corrected chi connectivity index (χ2v) is 4.96. The first-order valence-electron chi connectivity index (χ1n) is 6.79. The fourth-order valence-electron chi connectivity index (χ4n) is 2.57. The molecule has 1 aliphatic rings. The first-order chi connectivity index (χ1) is 10.1. The predicted octanol–water partition coefficient (Wildman–Crippen LogP) is 1.56. The lowest BCUT2D eigenvalue weighted by molar-refractivity contribution is -0.118. The maximum absolute atomic E-state index is 12.3. The molecular weight excluding hydrogens is 270 g/mol. The molecule has 0 spiro atoms. The number of carboxylic acid groups (broad SMARTS) is 1. The monoisotopic (exact) mass is 285 g/mol. The van der Waals surface area contributed by atoms with Crippen molar-refractivity contribution in [1.29, 1.82) is 0 Å². The van der Waals surface area contributed by atoms with Crippen LogP contribution in [0.2, 0.25) is 0 Å². The lowest BCUT2D eigenvalue weighted by atomic mass is 10.1. The van der Waals surface area contributed by atoms with E-state index in [0.29, 0.717) is 25.9 Å². The van der Waals surface area contributed by atoms with Crippen molar-refractivity contribution in [2.24, 2.45) is 0 Å². The van der Waals surface area contributed by atoms with E-state index in [0.717, 1.165) is 11.3 Å². The molecule has 1 amide bonds. The normalized spacial score (nSPS) is 13.2. The first kappa shape index (κ1) is 13.4. The van der Waals surface area contributed by atoms with Crippen LogP contribution in [-0.4, -0.2) is 33.3 Å². The summed E-state index contributed by atoms with van der Waals surface area (Å²) < 4.78 is 1.72. The number of benzene rings is 1.